The van der Waals surface area contributed by atoms with E-state index in [0.29, 0.717) is 6.61 Å². The summed E-state index contributed by atoms with van der Waals surface area (Å²) in [4.78, 5) is 9.96. The molecule has 0 heterocycles. The Morgan fingerprint density at radius 1 is 1.50 bits per heavy atom. The molecule has 0 aromatic rings. The third kappa shape index (κ3) is 3.49. The van der Waals surface area contributed by atoms with Crippen LogP contribution in [0.1, 0.15) is 19.3 Å². The summed E-state index contributed by atoms with van der Waals surface area (Å²) >= 11 is 0. The second-order valence-corrected chi connectivity index (χ2v) is 2.79. The molecule has 0 saturated carbocycles. The summed E-state index contributed by atoms with van der Waals surface area (Å²) in [5, 5.41) is 0. The Balaban J connectivity index is 2.22. The van der Waals surface area contributed by atoms with E-state index in [4.69, 9.17) is 4.74 Å². The van der Waals surface area contributed by atoms with E-state index >= 15 is 0 Å². The second kappa shape index (κ2) is 5.72. The summed E-state index contributed by atoms with van der Waals surface area (Å²) in [7, 11) is 0. The molecule has 2 heteroatoms. The van der Waals surface area contributed by atoms with Gasteiger partial charge in [-0.1, -0.05) is 18.2 Å². The Hall–Kier alpha value is -0.890. The van der Waals surface area contributed by atoms with Crippen LogP contribution in [0.3, 0.4) is 0 Å². The molecule has 0 spiro atoms. The first-order chi connectivity index (χ1) is 5.93. The van der Waals surface area contributed by atoms with Gasteiger partial charge in [0.1, 0.15) is 12.9 Å². The van der Waals surface area contributed by atoms with Gasteiger partial charge >= 0.3 is 0 Å². The first kappa shape index (κ1) is 9.20. The van der Waals surface area contributed by atoms with Crippen LogP contribution in [0, 0.1) is 0 Å². The first-order valence-corrected chi connectivity index (χ1v) is 4.28. The summed E-state index contributed by atoms with van der Waals surface area (Å²) in [6, 6.07) is 0. The highest BCUT2D eigenvalue weighted by Gasteiger charge is 1.98. The molecule has 1 aliphatic rings. The molecule has 12 heavy (non-hydrogen) atoms. The minimum Gasteiger partial charge on any atom is -0.370 e. The lowest BCUT2D eigenvalue weighted by Crippen LogP contribution is -2.00. The molecule has 66 valence electrons. The van der Waals surface area contributed by atoms with Crippen molar-refractivity contribution in [1.29, 1.82) is 0 Å². The van der Waals surface area contributed by atoms with Gasteiger partial charge in [-0.25, -0.2) is 0 Å². The van der Waals surface area contributed by atoms with Crippen molar-refractivity contribution in [3.63, 3.8) is 0 Å². The number of hydrogen-bond donors (Lipinski definition) is 0. The zero-order chi connectivity index (χ0) is 8.65. The lowest BCUT2D eigenvalue weighted by atomic mass is 10.1. The Labute approximate surface area is 72.9 Å². The molecular weight excluding hydrogens is 152 g/mol. The number of ether oxygens (including phenoxy) is 1. The van der Waals surface area contributed by atoms with E-state index in [0.717, 1.165) is 25.5 Å². The van der Waals surface area contributed by atoms with E-state index < -0.39 is 0 Å². The molecule has 0 aromatic carbocycles. The zero-order valence-electron chi connectivity index (χ0n) is 7.16. The van der Waals surface area contributed by atoms with E-state index in [1.165, 1.54) is 5.57 Å². The average Bonchev–Trinajstić information content (AvgIpc) is 2.33. The fourth-order valence-electron chi connectivity index (χ4n) is 1.19. The van der Waals surface area contributed by atoms with Crippen molar-refractivity contribution in [3.8, 4) is 0 Å². The van der Waals surface area contributed by atoms with Gasteiger partial charge in [-0.2, -0.15) is 0 Å². The molecule has 0 radical (unpaired) electrons. The lowest BCUT2D eigenvalue weighted by Gasteiger charge is -2.03. The van der Waals surface area contributed by atoms with E-state index in [-0.39, 0.29) is 6.61 Å². The lowest BCUT2D eigenvalue weighted by molar-refractivity contribution is -0.111. The van der Waals surface area contributed by atoms with Gasteiger partial charge < -0.3 is 9.53 Å². The minimum absolute atomic E-state index is 0.213. The fraction of sp³-hybridized carbons (Fsp3) is 0.500. The van der Waals surface area contributed by atoms with Gasteiger partial charge in [-0.3, -0.25) is 0 Å². The van der Waals surface area contributed by atoms with Gasteiger partial charge in [-0.15, -0.1) is 0 Å². The monoisotopic (exact) mass is 166 g/mol. The highest BCUT2D eigenvalue weighted by molar-refractivity contribution is 5.50. The number of carbonyl (C=O) groups is 1. The van der Waals surface area contributed by atoms with Crippen molar-refractivity contribution in [2.75, 3.05) is 13.2 Å². The van der Waals surface area contributed by atoms with Crippen molar-refractivity contribution < 1.29 is 9.53 Å². The van der Waals surface area contributed by atoms with E-state index in [2.05, 4.69) is 18.2 Å². The maximum absolute atomic E-state index is 9.96. The quantitative estimate of drug-likeness (QED) is 0.362. The third-order valence-corrected chi connectivity index (χ3v) is 1.81. The highest BCUT2D eigenvalue weighted by atomic mass is 16.5. The molecule has 1 aliphatic carbocycles. The van der Waals surface area contributed by atoms with Crippen molar-refractivity contribution >= 4 is 6.29 Å². The summed E-state index contributed by atoms with van der Waals surface area (Å²) in [6.45, 7) is 0.825. The number of aldehydes is 1. The van der Waals surface area contributed by atoms with Gasteiger partial charge in [0.2, 0.25) is 0 Å². The maximum Gasteiger partial charge on any atom is 0.145 e. The number of hydrogen-bond acceptors (Lipinski definition) is 2. The highest BCUT2D eigenvalue weighted by Crippen LogP contribution is 2.11. The van der Waals surface area contributed by atoms with E-state index in [9.17, 15) is 4.79 Å². The molecule has 0 atom stereocenters. The van der Waals surface area contributed by atoms with Crippen LogP contribution in [0.25, 0.3) is 0 Å². The van der Waals surface area contributed by atoms with Gasteiger partial charge in [-0.05, 0) is 24.8 Å². The molecule has 0 saturated heterocycles. The van der Waals surface area contributed by atoms with Gasteiger partial charge in [0.15, 0.2) is 0 Å². The summed E-state index contributed by atoms with van der Waals surface area (Å²) in [6.07, 6.45) is 10.5. The molecule has 0 aliphatic heterocycles. The zero-order valence-corrected chi connectivity index (χ0v) is 7.16. The van der Waals surface area contributed by atoms with Crippen molar-refractivity contribution in [3.05, 3.63) is 23.8 Å². The standard InChI is InChI=1S/C10H14O2/c11-7-8-12-9-10-5-3-1-2-4-6-10/h1-2,5,7H,3-4,6,8-9H2. The largest absolute Gasteiger partial charge is 0.370 e. The van der Waals surface area contributed by atoms with Crippen LogP contribution < -0.4 is 0 Å². The number of carbonyl (C=O) groups excluding carboxylic acids is 1. The Morgan fingerprint density at radius 3 is 3.25 bits per heavy atom. The maximum atomic E-state index is 9.96. The van der Waals surface area contributed by atoms with Gasteiger partial charge in [0.25, 0.3) is 0 Å². The molecule has 0 fully saturated rings. The van der Waals surface area contributed by atoms with Crippen LogP contribution in [0.15, 0.2) is 23.8 Å². The second-order valence-electron chi connectivity index (χ2n) is 2.79. The normalized spacial score (nSPS) is 16.8. The molecule has 0 N–H and O–H groups in total. The van der Waals surface area contributed by atoms with Crippen LogP contribution in [0.5, 0.6) is 0 Å². The molecule has 0 amide bonds. The third-order valence-electron chi connectivity index (χ3n) is 1.81. The van der Waals surface area contributed by atoms with Gasteiger partial charge in [0, 0.05) is 0 Å². The molecule has 0 bridgehead atoms. The smallest absolute Gasteiger partial charge is 0.145 e. The van der Waals surface area contributed by atoms with Crippen LogP contribution in [-0.4, -0.2) is 19.5 Å². The minimum atomic E-state index is 0.213. The molecule has 0 unspecified atom stereocenters. The first-order valence-electron chi connectivity index (χ1n) is 4.28. The fourth-order valence-corrected chi connectivity index (χ4v) is 1.19. The molecule has 2 nitrogen and oxygen atoms in total. The summed E-state index contributed by atoms with van der Waals surface area (Å²) < 4.78 is 5.11. The topological polar surface area (TPSA) is 26.3 Å². The van der Waals surface area contributed by atoms with Crippen molar-refractivity contribution in [1.82, 2.24) is 0 Å². The van der Waals surface area contributed by atoms with E-state index in [1.54, 1.807) is 0 Å². The SMILES string of the molecule is O=CCOCC1=CCC=CCC1. The van der Waals surface area contributed by atoms with Crippen LogP contribution >= 0.6 is 0 Å². The summed E-state index contributed by atoms with van der Waals surface area (Å²) in [5.74, 6) is 0. The van der Waals surface area contributed by atoms with Crippen LogP contribution in [0.4, 0.5) is 0 Å². The van der Waals surface area contributed by atoms with Crippen LogP contribution in [-0.2, 0) is 9.53 Å². The molecule has 0 aromatic heterocycles. The summed E-state index contributed by atoms with van der Waals surface area (Å²) in [5.41, 5.74) is 1.31. The van der Waals surface area contributed by atoms with Gasteiger partial charge in [0.05, 0.1) is 6.61 Å². The Kier molecular flexibility index (Phi) is 4.39. The van der Waals surface area contributed by atoms with Crippen molar-refractivity contribution in [2.45, 2.75) is 19.3 Å². The number of allylic oxidation sites excluding steroid dienone is 3. The molecular formula is C10H14O2. The van der Waals surface area contributed by atoms with E-state index in [1.807, 2.05) is 0 Å². The molecule has 1 rings (SSSR count). The number of rotatable bonds is 4. The Morgan fingerprint density at radius 2 is 2.42 bits per heavy atom. The predicted molar refractivity (Wildman–Crippen MR) is 48.0 cm³/mol. The van der Waals surface area contributed by atoms with Crippen LogP contribution in [0.2, 0.25) is 0 Å². The average molecular weight is 166 g/mol. The van der Waals surface area contributed by atoms with Crippen molar-refractivity contribution in [2.24, 2.45) is 0 Å². The predicted octanol–water partition coefficient (Wildman–Crippen LogP) is 1.87. The Bertz CT molecular complexity index is 192.